The molecule has 0 saturated carbocycles. The van der Waals surface area contributed by atoms with Crippen molar-refractivity contribution >= 4 is 11.6 Å². The van der Waals surface area contributed by atoms with E-state index >= 15 is 0 Å². The maximum Gasteiger partial charge on any atom is 0.176 e. The van der Waals surface area contributed by atoms with Crippen LogP contribution in [0.15, 0.2) is 6.07 Å². The molecule has 1 aromatic rings. The third kappa shape index (κ3) is 2.52. The first-order valence-corrected chi connectivity index (χ1v) is 4.88. The van der Waals surface area contributed by atoms with Crippen molar-refractivity contribution in [3.8, 4) is 11.5 Å². The van der Waals surface area contributed by atoms with Crippen LogP contribution in [0.5, 0.6) is 11.5 Å². The lowest BCUT2D eigenvalue weighted by atomic mass is 10.1. The van der Waals surface area contributed by atoms with Crippen molar-refractivity contribution in [3.63, 3.8) is 0 Å². The highest BCUT2D eigenvalue weighted by Crippen LogP contribution is 2.38. The van der Waals surface area contributed by atoms with Crippen LogP contribution in [0, 0.1) is 5.82 Å². The van der Waals surface area contributed by atoms with E-state index in [-0.39, 0.29) is 16.5 Å². The summed E-state index contributed by atoms with van der Waals surface area (Å²) in [5.41, 5.74) is 0.465. The van der Waals surface area contributed by atoms with Crippen LogP contribution in [0.3, 0.4) is 0 Å². The largest absolute Gasteiger partial charge is 0.506 e. The topological polar surface area (TPSA) is 41.5 Å². The first kappa shape index (κ1) is 12.1. The predicted octanol–water partition coefficient (Wildman–Crippen LogP) is 1.96. The number of ether oxygens (including phenoxy) is 1. The van der Waals surface area contributed by atoms with Crippen molar-refractivity contribution in [2.24, 2.45) is 0 Å². The molecular weight excluding hydrogens is 221 g/mol. The highest BCUT2D eigenvalue weighted by molar-refractivity contribution is 6.33. The lowest BCUT2D eigenvalue weighted by Gasteiger charge is -2.10. The Kier molecular flexibility index (Phi) is 4.17. The molecule has 0 aliphatic rings. The lowest BCUT2D eigenvalue weighted by Crippen LogP contribution is -2.10. The minimum atomic E-state index is -0.564. The molecule has 0 saturated heterocycles. The van der Waals surface area contributed by atoms with Crippen LogP contribution in [0.1, 0.15) is 5.56 Å². The van der Waals surface area contributed by atoms with E-state index < -0.39 is 5.82 Å². The molecule has 84 valence electrons. The van der Waals surface area contributed by atoms with Crippen LogP contribution >= 0.6 is 11.6 Å². The summed E-state index contributed by atoms with van der Waals surface area (Å²) < 4.78 is 18.1. The zero-order valence-corrected chi connectivity index (χ0v) is 9.36. The summed E-state index contributed by atoms with van der Waals surface area (Å²) in [5.74, 6) is -0.807. The molecule has 0 amide bonds. The fourth-order valence-corrected chi connectivity index (χ4v) is 1.57. The molecule has 5 heteroatoms. The second-order valence-corrected chi connectivity index (χ2v) is 3.44. The average Bonchev–Trinajstić information content (AvgIpc) is 2.22. The van der Waals surface area contributed by atoms with Gasteiger partial charge in [-0.1, -0.05) is 11.6 Å². The first-order chi connectivity index (χ1) is 7.11. The number of benzene rings is 1. The highest BCUT2D eigenvalue weighted by atomic mass is 35.5. The summed E-state index contributed by atoms with van der Waals surface area (Å²) in [6.45, 7) is 0.635. The fraction of sp³-hybridized carbons (Fsp3) is 0.400. The van der Waals surface area contributed by atoms with Crippen LogP contribution in [-0.2, 0) is 6.42 Å². The molecule has 0 aromatic heterocycles. The number of hydrogen-bond acceptors (Lipinski definition) is 3. The number of methoxy groups -OCH3 is 1. The summed E-state index contributed by atoms with van der Waals surface area (Å²) in [6, 6.07) is 1.23. The highest BCUT2D eigenvalue weighted by Gasteiger charge is 2.16. The molecule has 0 atom stereocenters. The number of hydrogen-bond donors (Lipinski definition) is 2. The average molecular weight is 234 g/mol. The van der Waals surface area contributed by atoms with E-state index in [9.17, 15) is 9.50 Å². The number of halogens is 2. The van der Waals surface area contributed by atoms with E-state index in [1.165, 1.54) is 13.2 Å². The number of phenolic OH excluding ortho intramolecular Hbond substituents is 1. The molecule has 0 spiro atoms. The zero-order valence-electron chi connectivity index (χ0n) is 8.60. The number of likely N-dealkylation sites (N-methyl/N-ethyl adjacent to an activating group) is 1. The molecular formula is C10H13ClFNO2. The smallest absolute Gasteiger partial charge is 0.176 e. The van der Waals surface area contributed by atoms with Gasteiger partial charge < -0.3 is 15.2 Å². The minimum Gasteiger partial charge on any atom is -0.506 e. The van der Waals surface area contributed by atoms with Gasteiger partial charge in [0.1, 0.15) is 10.8 Å². The Balaban J connectivity index is 3.10. The Morgan fingerprint density at radius 3 is 2.80 bits per heavy atom. The van der Waals surface area contributed by atoms with Gasteiger partial charge in [-0.05, 0) is 31.6 Å². The first-order valence-electron chi connectivity index (χ1n) is 4.50. The molecule has 0 heterocycles. The second kappa shape index (κ2) is 5.19. The van der Waals surface area contributed by atoms with Crippen molar-refractivity contribution in [1.29, 1.82) is 0 Å². The van der Waals surface area contributed by atoms with Gasteiger partial charge in [-0.3, -0.25) is 0 Å². The van der Waals surface area contributed by atoms with E-state index in [0.29, 0.717) is 18.5 Å². The summed E-state index contributed by atoms with van der Waals surface area (Å²) in [5, 5.41) is 12.5. The van der Waals surface area contributed by atoms with Gasteiger partial charge in [0, 0.05) is 0 Å². The SMILES string of the molecule is CNCCc1cc(F)c(OC)c(Cl)c1O. The minimum absolute atomic E-state index is 0.0800. The Morgan fingerprint density at radius 2 is 2.27 bits per heavy atom. The van der Waals surface area contributed by atoms with Gasteiger partial charge in [-0.15, -0.1) is 0 Å². The molecule has 0 bridgehead atoms. The summed E-state index contributed by atoms with van der Waals surface area (Å²) in [6.07, 6.45) is 0.503. The Bertz CT molecular complexity index is 358. The van der Waals surface area contributed by atoms with Gasteiger partial charge in [0.05, 0.1) is 7.11 Å². The fourth-order valence-electron chi connectivity index (χ4n) is 1.28. The summed E-state index contributed by atoms with van der Waals surface area (Å²) >= 11 is 5.75. The molecule has 0 aliphatic heterocycles. The quantitative estimate of drug-likeness (QED) is 0.835. The van der Waals surface area contributed by atoms with E-state index in [1.54, 1.807) is 7.05 Å². The van der Waals surface area contributed by atoms with Crippen LogP contribution in [0.2, 0.25) is 5.02 Å². The number of rotatable bonds is 4. The van der Waals surface area contributed by atoms with Crippen LogP contribution in [0.4, 0.5) is 4.39 Å². The Hall–Kier alpha value is -1.00. The van der Waals surface area contributed by atoms with Crippen molar-refractivity contribution < 1.29 is 14.2 Å². The van der Waals surface area contributed by atoms with Gasteiger partial charge in [0.25, 0.3) is 0 Å². The summed E-state index contributed by atoms with van der Waals surface area (Å²) in [7, 11) is 3.08. The molecule has 15 heavy (non-hydrogen) atoms. The Labute approximate surface area is 92.8 Å². The summed E-state index contributed by atoms with van der Waals surface area (Å²) in [4.78, 5) is 0. The van der Waals surface area contributed by atoms with Gasteiger partial charge in [0.15, 0.2) is 11.6 Å². The van der Waals surface area contributed by atoms with Crippen molar-refractivity contribution in [2.45, 2.75) is 6.42 Å². The number of aromatic hydroxyl groups is 1. The third-order valence-corrected chi connectivity index (χ3v) is 2.43. The number of phenols is 1. The monoisotopic (exact) mass is 233 g/mol. The molecule has 0 radical (unpaired) electrons. The van der Waals surface area contributed by atoms with Crippen molar-refractivity contribution in [3.05, 3.63) is 22.5 Å². The second-order valence-electron chi connectivity index (χ2n) is 3.07. The molecule has 2 N–H and O–H groups in total. The van der Waals surface area contributed by atoms with Gasteiger partial charge in [-0.25, -0.2) is 4.39 Å². The van der Waals surface area contributed by atoms with E-state index in [0.717, 1.165) is 0 Å². The molecule has 0 fully saturated rings. The van der Waals surface area contributed by atoms with E-state index in [4.69, 9.17) is 16.3 Å². The molecule has 0 aliphatic carbocycles. The van der Waals surface area contributed by atoms with Crippen LogP contribution in [-0.4, -0.2) is 25.8 Å². The van der Waals surface area contributed by atoms with E-state index in [1.807, 2.05) is 0 Å². The van der Waals surface area contributed by atoms with E-state index in [2.05, 4.69) is 5.32 Å². The van der Waals surface area contributed by atoms with Crippen molar-refractivity contribution in [1.82, 2.24) is 5.32 Å². The maximum atomic E-state index is 13.4. The molecule has 0 unspecified atom stereocenters. The standard InChI is InChI=1S/C10H13ClFNO2/c1-13-4-3-6-5-7(12)10(15-2)8(11)9(6)14/h5,13-14H,3-4H2,1-2H3. The Morgan fingerprint density at radius 1 is 1.60 bits per heavy atom. The predicted molar refractivity (Wildman–Crippen MR) is 57.3 cm³/mol. The molecule has 1 rings (SSSR count). The van der Waals surface area contributed by atoms with Gasteiger partial charge >= 0.3 is 0 Å². The van der Waals surface area contributed by atoms with Crippen LogP contribution < -0.4 is 10.1 Å². The van der Waals surface area contributed by atoms with Crippen molar-refractivity contribution in [2.75, 3.05) is 20.7 Å². The normalized spacial score (nSPS) is 10.4. The van der Waals surface area contributed by atoms with Crippen LogP contribution in [0.25, 0.3) is 0 Å². The lowest BCUT2D eigenvalue weighted by molar-refractivity contribution is 0.379. The maximum absolute atomic E-state index is 13.4. The molecule has 1 aromatic carbocycles. The third-order valence-electron chi connectivity index (χ3n) is 2.08. The number of nitrogens with one attached hydrogen (secondary N) is 1. The zero-order chi connectivity index (χ0) is 11.4. The molecule has 3 nitrogen and oxygen atoms in total. The van der Waals surface area contributed by atoms with Gasteiger partial charge in [-0.2, -0.15) is 0 Å². The van der Waals surface area contributed by atoms with Gasteiger partial charge in [0.2, 0.25) is 0 Å².